The van der Waals surface area contributed by atoms with Crippen LogP contribution >= 0.6 is 0 Å². The van der Waals surface area contributed by atoms with Crippen LogP contribution in [0.5, 0.6) is 0 Å². The number of benzene rings is 1. The predicted molar refractivity (Wildman–Crippen MR) is 73.5 cm³/mol. The van der Waals surface area contributed by atoms with Gasteiger partial charge in [0.25, 0.3) is 0 Å². The van der Waals surface area contributed by atoms with Crippen LogP contribution in [0.2, 0.25) is 0 Å². The number of hydrogen-bond donors (Lipinski definition) is 2. The number of rotatable bonds is 4. The van der Waals surface area contributed by atoms with Gasteiger partial charge in [0.1, 0.15) is 5.82 Å². The van der Waals surface area contributed by atoms with Gasteiger partial charge >= 0.3 is 0 Å². The van der Waals surface area contributed by atoms with Crippen molar-refractivity contribution < 1.29 is 4.79 Å². The first kappa shape index (κ1) is 12.6. The Morgan fingerprint density at radius 1 is 1.39 bits per heavy atom. The third kappa shape index (κ3) is 2.53. The van der Waals surface area contributed by atoms with Crippen molar-refractivity contribution in [3.05, 3.63) is 24.0 Å². The van der Waals surface area contributed by atoms with Gasteiger partial charge in [-0.05, 0) is 38.0 Å². The summed E-state index contributed by atoms with van der Waals surface area (Å²) in [5.41, 5.74) is 2.70. The van der Waals surface area contributed by atoms with Crippen LogP contribution in [0.1, 0.15) is 32.5 Å². The van der Waals surface area contributed by atoms with Gasteiger partial charge in [-0.3, -0.25) is 4.79 Å². The molecule has 0 aliphatic rings. The van der Waals surface area contributed by atoms with Crippen molar-refractivity contribution in [3.8, 4) is 0 Å². The highest BCUT2D eigenvalue weighted by atomic mass is 16.1. The van der Waals surface area contributed by atoms with Crippen molar-refractivity contribution in [2.45, 2.75) is 33.6 Å². The van der Waals surface area contributed by atoms with Gasteiger partial charge < -0.3 is 10.3 Å². The Labute approximate surface area is 107 Å². The fourth-order valence-electron chi connectivity index (χ4n) is 2.12. The zero-order valence-corrected chi connectivity index (χ0v) is 11.1. The molecule has 0 saturated carbocycles. The minimum absolute atomic E-state index is 0.0872. The number of carbonyl (C=O) groups is 1. The van der Waals surface area contributed by atoms with E-state index in [-0.39, 0.29) is 11.8 Å². The van der Waals surface area contributed by atoms with Crippen LogP contribution in [-0.4, -0.2) is 15.9 Å². The van der Waals surface area contributed by atoms with Crippen LogP contribution in [0.3, 0.4) is 0 Å². The Balaban J connectivity index is 2.18. The second-order valence-corrected chi connectivity index (χ2v) is 4.56. The van der Waals surface area contributed by atoms with Gasteiger partial charge in [0.15, 0.2) is 0 Å². The summed E-state index contributed by atoms with van der Waals surface area (Å²) >= 11 is 0. The fraction of sp³-hybridized carbons (Fsp3) is 0.429. The van der Waals surface area contributed by atoms with Gasteiger partial charge in [-0.25, -0.2) is 4.98 Å². The highest BCUT2D eigenvalue weighted by molar-refractivity contribution is 5.94. The topological polar surface area (TPSA) is 57.8 Å². The molecule has 18 heavy (non-hydrogen) atoms. The number of carbonyl (C=O) groups excluding carboxylic acids is 1. The molecule has 0 saturated heterocycles. The Hall–Kier alpha value is -1.84. The first-order chi connectivity index (χ1) is 8.63. The van der Waals surface area contributed by atoms with E-state index in [2.05, 4.69) is 15.3 Å². The van der Waals surface area contributed by atoms with E-state index in [0.29, 0.717) is 0 Å². The second-order valence-electron chi connectivity index (χ2n) is 4.56. The fourth-order valence-corrected chi connectivity index (χ4v) is 2.12. The summed E-state index contributed by atoms with van der Waals surface area (Å²) in [6.07, 6.45) is 1.74. The molecule has 0 aliphatic carbocycles. The molecular formula is C14H19N3O. The lowest BCUT2D eigenvalue weighted by Crippen LogP contribution is -2.21. The number of nitrogens with zero attached hydrogens (tertiary/aromatic N) is 1. The van der Waals surface area contributed by atoms with Crippen LogP contribution in [0, 0.1) is 12.8 Å². The number of hydrogen-bond acceptors (Lipinski definition) is 2. The van der Waals surface area contributed by atoms with Crippen molar-refractivity contribution in [2.75, 3.05) is 5.32 Å². The first-order valence-electron chi connectivity index (χ1n) is 6.41. The number of anilines is 1. The zero-order valence-electron chi connectivity index (χ0n) is 11.1. The van der Waals surface area contributed by atoms with Gasteiger partial charge in [0.05, 0.1) is 11.0 Å². The average Bonchev–Trinajstić information content (AvgIpc) is 2.70. The Bertz CT molecular complexity index is 555. The summed E-state index contributed by atoms with van der Waals surface area (Å²) < 4.78 is 0. The third-order valence-electron chi connectivity index (χ3n) is 3.22. The molecule has 2 N–H and O–H groups in total. The molecule has 0 radical (unpaired) electrons. The first-order valence-corrected chi connectivity index (χ1v) is 6.41. The second kappa shape index (κ2) is 5.21. The Morgan fingerprint density at radius 2 is 2.11 bits per heavy atom. The molecule has 4 nitrogen and oxygen atoms in total. The largest absolute Gasteiger partial charge is 0.342 e. The standard InChI is InChI=1S/C14H19N3O/c1-4-10(5-2)14(18)17-11-6-7-12-13(8-11)16-9(3)15-12/h6-8,10H,4-5H2,1-3H3,(H,15,16)(H,17,18). The monoisotopic (exact) mass is 245 g/mol. The molecule has 0 aliphatic heterocycles. The molecule has 96 valence electrons. The molecule has 2 rings (SSSR count). The molecule has 0 spiro atoms. The van der Waals surface area contributed by atoms with Gasteiger partial charge in [-0.1, -0.05) is 13.8 Å². The Morgan fingerprint density at radius 3 is 2.78 bits per heavy atom. The van der Waals surface area contributed by atoms with E-state index in [4.69, 9.17) is 0 Å². The van der Waals surface area contributed by atoms with Crippen LogP contribution in [0.15, 0.2) is 18.2 Å². The maximum atomic E-state index is 12.0. The molecule has 0 fully saturated rings. The smallest absolute Gasteiger partial charge is 0.227 e. The van der Waals surface area contributed by atoms with Crippen molar-refractivity contribution in [2.24, 2.45) is 5.92 Å². The van der Waals surface area contributed by atoms with Gasteiger partial charge in [0.2, 0.25) is 5.91 Å². The van der Waals surface area contributed by atoms with E-state index >= 15 is 0 Å². The van der Waals surface area contributed by atoms with Crippen LogP contribution in [0.4, 0.5) is 5.69 Å². The third-order valence-corrected chi connectivity index (χ3v) is 3.22. The summed E-state index contributed by atoms with van der Waals surface area (Å²) in [4.78, 5) is 19.5. The molecule has 0 bridgehead atoms. The van der Waals surface area contributed by atoms with E-state index in [1.807, 2.05) is 39.0 Å². The van der Waals surface area contributed by atoms with Crippen LogP contribution < -0.4 is 5.32 Å². The molecule has 0 unspecified atom stereocenters. The number of aryl methyl sites for hydroxylation is 1. The number of aromatic amines is 1. The van der Waals surface area contributed by atoms with E-state index in [9.17, 15) is 4.79 Å². The number of fused-ring (bicyclic) bond motifs is 1. The number of nitrogens with one attached hydrogen (secondary N) is 2. The van der Waals surface area contributed by atoms with E-state index in [0.717, 1.165) is 35.4 Å². The van der Waals surface area contributed by atoms with Crippen molar-refractivity contribution in [3.63, 3.8) is 0 Å². The predicted octanol–water partition coefficient (Wildman–Crippen LogP) is 3.25. The lowest BCUT2D eigenvalue weighted by atomic mass is 10.0. The minimum Gasteiger partial charge on any atom is -0.342 e. The van der Waals surface area contributed by atoms with Gasteiger partial charge in [0, 0.05) is 11.6 Å². The minimum atomic E-state index is 0.0872. The lowest BCUT2D eigenvalue weighted by molar-refractivity contribution is -0.120. The molecule has 0 atom stereocenters. The number of H-pyrrole nitrogens is 1. The molecule has 2 aromatic rings. The molecule has 1 aromatic heterocycles. The lowest BCUT2D eigenvalue weighted by Gasteiger charge is -2.12. The number of aromatic nitrogens is 2. The van der Waals surface area contributed by atoms with Crippen molar-refractivity contribution in [1.82, 2.24) is 9.97 Å². The normalized spacial score (nSPS) is 11.1. The molecular weight excluding hydrogens is 226 g/mol. The molecule has 1 aromatic carbocycles. The summed E-state index contributed by atoms with van der Waals surface area (Å²) in [6, 6.07) is 5.74. The van der Waals surface area contributed by atoms with E-state index in [1.54, 1.807) is 0 Å². The SMILES string of the molecule is CCC(CC)C(=O)Nc1ccc2nc(C)[nH]c2c1. The molecule has 4 heteroatoms. The quantitative estimate of drug-likeness (QED) is 0.868. The van der Waals surface area contributed by atoms with Crippen LogP contribution in [-0.2, 0) is 4.79 Å². The maximum absolute atomic E-state index is 12.0. The van der Waals surface area contributed by atoms with Gasteiger partial charge in [-0.2, -0.15) is 0 Å². The molecule has 1 heterocycles. The summed E-state index contributed by atoms with van der Waals surface area (Å²) in [5.74, 6) is 1.06. The number of imidazole rings is 1. The zero-order chi connectivity index (χ0) is 13.1. The van der Waals surface area contributed by atoms with E-state index < -0.39 is 0 Å². The average molecular weight is 245 g/mol. The van der Waals surface area contributed by atoms with E-state index in [1.165, 1.54) is 0 Å². The van der Waals surface area contributed by atoms with Crippen LogP contribution in [0.25, 0.3) is 11.0 Å². The molecule has 1 amide bonds. The van der Waals surface area contributed by atoms with Crippen molar-refractivity contribution in [1.29, 1.82) is 0 Å². The maximum Gasteiger partial charge on any atom is 0.227 e. The highest BCUT2D eigenvalue weighted by Crippen LogP contribution is 2.18. The summed E-state index contributed by atoms with van der Waals surface area (Å²) in [5, 5.41) is 2.96. The van der Waals surface area contributed by atoms with Crippen molar-refractivity contribution >= 4 is 22.6 Å². The number of amides is 1. The summed E-state index contributed by atoms with van der Waals surface area (Å²) in [7, 11) is 0. The summed E-state index contributed by atoms with van der Waals surface area (Å²) in [6.45, 7) is 5.99. The van der Waals surface area contributed by atoms with Gasteiger partial charge in [-0.15, -0.1) is 0 Å². The highest BCUT2D eigenvalue weighted by Gasteiger charge is 2.14. The Kier molecular flexibility index (Phi) is 3.65.